The second kappa shape index (κ2) is 5.99. The summed E-state index contributed by atoms with van der Waals surface area (Å²) in [5.41, 5.74) is 0. The number of rotatable bonds is 3. The molecule has 2 rings (SSSR count). The van der Waals surface area contributed by atoms with Crippen molar-refractivity contribution < 1.29 is 18.3 Å². The van der Waals surface area contributed by atoms with Gasteiger partial charge < -0.3 is 5.11 Å². The standard InChI is InChI=1S/C11H20N2O4S2/c1-9-8-18-6-5-13(9)19(16,17)12-4-2-3-10(7-12)11(14)15/h9-10H,2-8H2,1H3,(H,14,15). The van der Waals surface area contributed by atoms with E-state index in [4.69, 9.17) is 5.11 Å². The summed E-state index contributed by atoms with van der Waals surface area (Å²) in [4.78, 5) is 11.0. The number of carbonyl (C=O) groups is 1. The van der Waals surface area contributed by atoms with Crippen molar-refractivity contribution >= 4 is 27.9 Å². The first-order chi connectivity index (χ1) is 8.93. The first-order valence-corrected chi connectivity index (χ1v) is 9.05. The van der Waals surface area contributed by atoms with Crippen LogP contribution < -0.4 is 0 Å². The number of nitrogens with zero attached hydrogens (tertiary/aromatic N) is 2. The van der Waals surface area contributed by atoms with Crippen molar-refractivity contribution in [1.29, 1.82) is 0 Å². The van der Waals surface area contributed by atoms with Gasteiger partial charge in [-0.1, -0.05) is 0 Å². The highest BCUT2D eigenvalue weighted by Crippen LogP contribution is 2.25. The Morgan fingerprint density at radius 2 is 2.11 bits per heavy atom. The van der Waals surface area contributed by atoms with E-state index in [-0.39, 0.29) is 12.6 Å². The molecule has 0 aliphatic carbocycles. The molecular formula is C11H20N2O4S2. The van der Waals surface area contributed by atoms with E-state index in [1.807, 2.05) is 6.92 Å². The third-order valence-corrected chi connectivity index (χ3v) is 6.97. The number of piperidine rings is 1. The molecule has 2 saturated heterocycles. The molecule has 2 fully saturated rings. The van der Waals surface area contributed by atoms with Crippen LogP contribution in [0.15, 0.2) is 0 Å². The smallest absolute Gasteiger partial charge is 0.307 e. The van der Waals surface area contributed by atoms with E-state index >= 15 is 0 Å². The molecule has 2 heterocycles. The van der Waals surface area contributed by atoms with Crippen molar-refractivity contribution in [3.8, 4) is 0 Å². The molecule has 19 heavy (non-hydrogen) atoms. The van der Waals surface area contributed by atoms with Gasteiger partial charge in [-0.25, -0.2) is 0 Å². The van der Waals surface area contributed by atoms with Crippen LogP contribution in [-0.4, -0.2) is 65.3 Å². The monoisotopic (exact) mass is 308 g/mol. The van der Waals surface area contributed by atoms with Gasteiger partial charge in [-0.2, -0.15) is 28.8 Å². The Hall–Kier alpha value is -0.310. The lowest BCUT2D eigenvalue weighted by atomic mass is 10.0. The van der Waals surface area contributed by atoms with Gasteiger partial charge in [0.25, 0.3) is 10.2 Å². The van der Waals surface area contributed by atoms with E-state index < -0.39 is 22.1 Å². The predicted molar refractivity (Wildman–Crippen MR) is 74.3 cm³/mol. The maximum absolute atomic E-state index is 12.6. The number of carboxylic acid groups (broad SMARTS) is 1. The molecule has 1 N–H and O–H groups in total. The van der Waals surface area contributed by atoms with Crippen LogP contribution >= 0.6 is 11.8 Å². The van der Waals surface area contributed by atoms with Crippen LogP contribution in [0.4, 0.5) is 0 Å². The molecule has 6 nitrogen and oxygen atoms in total. The molecule has 0 aromatic rings. The molecule has 0 spiro atoms. The fourth-order valence-corrected chi connectivity index (χ4v) is 5.66. The number of carboxylic acids is 1. The van der Waals surface area contributed by atoms with Crippen molar-refractivity contribution in [2.45, 2.75) is 25.8 Å². The summed E-state index contributed by atoms with van der Waals surface area (Å²) in [7, 11) is -3.51. The zero-order chi connectivity index (χ0) is 14.0. The molecule has 2 atom stereocenters. The first-order valence-electron chi connectivity index (χ1n) is 6.50. The third-order valence-electron chi connectivity index (χ3n) is 3.66. The molecular weight excluding hydrogens is 288 g/mol. The second-order valence-corrected chi connectivity index (χ2v) is 8.11. The minimum Gasteiger partial charge on any atom is -0.481 e. The van der Waals surface area contributed by atoms with Gasteiger partial charge >= 0.3 is 5.97 Å². The Morgan fingerprint density at radius 1 is 1.37 bits per heavy atom. The van der Waals surface area contributed by atoms with E-state index in [9.17, 15) is 13.2 Å². The summed E-state index contributed by atoms with van der Waals surface area (Å²) >= 11 is 1.76. The average molecular weight is 308 g/mol. The highest BCUT2D eigenvalue weighted by atomic mass is 32.2. The normalized spacial score (nSPS) is 31.2. The molecule has 2 aliphatic rings. The number of hydrogen-bond donors (Lipinski definition) is 1. The fraction of sp³-hybridized carbons (Fsp3) is 0.909. The number of thioether (sulfide) groups is 1. The largest absolute Gasteiger partial charge is 0.481 e. The van der Waals surface area contributed by atoms with Crippen LogP contribution in [0.1, 0.15) is 19.8 Å². The summed E-state index contributed by atoms with van der Waals surface area (Å²) in [5, 5.41) is 9.05. The highest BCUT2D eigenvalue weighted by molar-refractivity contribution is 7.99. The van der Waals surface area contributed by atoms with Gasteiger partial charge in [-0.05, 0) is 19.8 Å². The molecule has 110 valence electrons. The van der Waals surface area contributed by atoms with E-state index in [1.165, 1.54) is 8.61 Å². The molecule has 2 aliphatic heterocycles. The lowest BCUT2D eigenvalue weighted by molar-refractivity contribution is -0.142. The molecule has 0 amide bonds. The van der Waals surface area contributed by atoms with Gasteiger partial charge in [0.2, 0.25) is 0 Å². The summed E-state index contributed by atoms with van der Waals surface area (Å²) in [5.74, 6) is 0.134. The van der Waals surface area contributed by atoms with Gasteiger partial charge in [-0.15, -0.1) is 0 Å². The fourth-order valence-electron chi connectivity index (χ4n) is 2.56. The molecule has 0 bridgehead atoms. The summed E-state index contributed by atoms with van der Waals surface area (Å²) in [6.45, 7) is 2.96. The maximum atomic E-state index is 12.6. The van der Waals surface area contributed by atoms with Crippen LogP contribution in [-0.2, 0) is 15.0 Å². The van der Waals surface area contributed by atoms with Crippen LogP contribution in [0.2, 0.25) is 0 Å². The van der Waals surface area contributed by atoms with Crippen LogP contribution in [0, 0.1) is 5.92 Å². The van der Waals surface area contributed by atoms with E-state index in [0.29, 0.717) is 25.9 Å². The van der Waals surface area contributed by atoms with E-state index in [1.54, 1.807) is 11.8 Å². The van der Waals surface area contributed by atoms with Gasteiger partial charge in [-0.3, -0.25) is 4.79 Å². The summed E-state index contributed by atoms with van der Waals surface area (Å²) < 4.78 is 28.0. The van der Waals surface area contributed by atoms with Crippen LogP contribution in [0.3, 0.4) is 0 Å². The van der Waals surface area contributed by atoms with Gasteiger partial charge in [0.15, 0.2) is 0 Å². The lowest BCUT2D eigenvalue weighted by Crippen LogP contribution is -2.54. The molecule has 0 saturated carbocycles. The van der Waals surface area contributed by atoms with E-state index in [0.717, 1.165) is 11.5 Å². The van der Waals surface area contributed by atoms with Gasteiger partial charge in [0.1, 0.15) is 0 Å². The third kappa shape index (κ3) is 3.24. The Bertz CT molecular complexity index is 440. The Kier molecular flexibility index (Phi) is 4.75. The zero-order valence-corrected chi connectivity index (χ0v) is 12.6. The lowest BCUT2D eigenvalue weighted by Gasteiger charge is -2.38. The minimum absolute atomic E-state index is 0.0195. The van der Waals surface area contributed by atoms with Gasteiger partial charge in [0, 0.05) is 37.2 Å². The molecule has 0 radical (unpaired) electrons. The maximum Gasteiger partial charge on any atom is 0.307 e. The first kappa shape index (κ1) is 15.1. The summed E-state index contributed by atoms with van der Waals surface area (Å²) in [6.07, 6.45) is 1.18. The molecule has 8 heteroatoms. The Balaban J connectivity index is 2.12. The second-order valence-electron chi connectivity index (χ2n) is 5.08. The quantitative estimate of drug-likeness (QED) is 0.820. The zero-order valence-electron chi connectivity index (χ0n) is 11.0. The SMILES string of the molecule is CC1CSCCN1S(=O)(=O)N1CCCC(C(=O)O)C1. The number of hydrogen-bond acceptors (Lipinski definition) is 4. The van der Waals surface area contributed by atoms with Crippen molar-refractivity contribution in [1.82, 2.24) is 8.61 Å². The van der Waals surface area contributed by atoms with Gasteiger partial charge in [0.05, 0.1) is 5.92 Å². The molecule has 2 unspecified atom stereocenters. The highest BCUT2D eigenvalue weighted by Gasteiger charge is 2.38. The van der Waals surface area contributed by atoms with Crippen LogP contribution in [0.25, 0.3) is 0 Å². The minimum atomic E-state index is -3.51. The van der Waals surface area contributed by atoms with Crippen molar-refractivity contribution in [2.24, 2.45) is 5.92 Å². The predicted octanol–water partition coefficient (Wildman–Crippen LogP) is 0.465. The van der Waals surface area contributed by atoms with Crippen LogP contribution in [0.5, 0.6) is 0 Å². The van der Waals surface area contributed by atoms with E-state index in [2.05, 4.69) is 0 Å². The molecule has 0 aromatic heterocycles. The average Bonchev–Trinajstić information content (AvgIpc) is 2.39. The Morgan fingerprint density at radius 3 is 2.74 bits per heavy atom. The molecule has 0 aromatic carbocycles. The number of aliphatic carboxylic acids is 1. The van der Waals surface area contributed by atoms with Crippen molar-refractivity contribution in [3.63, 3.8) is 0 Å². The van der Waals surface area contributed by atoms with Crippen molar-refractivity contribution in [2.75, 3.05) is 31.1 Å². The topological polar surface area (TPSA) is 77.9 Å². The van der Waals surface area contributed by atoms with Crippen molar-refractivity contribution in [3.05, 3.63) is 0 Å². The summed E-state index contributed by atoms with van der Waals surface area (Å²) in [6, 6.07) is -0.0195. The Labute approximate surface area is 118 Å².